The third kappa shape index (κ3) is 2.64. The van der Waals surface area contributed by atoms with Crippen molar-refractivity contribution in [3.8, 4) is 5.75 Å². The molecule has 1 atom stereocenters. The zero-order valence-electron chi connectivity index (χ0n) is 8.08. The van der Waals surface area contributed by atoms with Crippen molar-refractivity contribution in [1.82, 2.24) is 0 Å². The van der Waals surface area contributed by atoms with Gasteiger partial charge in [0.2, 0.25) is 5.91 Å². The van der Waals surface area contributed by atoms with Crippen LogP contribution in [0.4, 0.5) is 5.69 Å². The summed E-state index contributed by atoms with van der Waals surface area (Å²) < 4.78 is 5.07. The molecule has 14 heavy (non-hydrogen) atoms. The number of ether oxygens (including phenoxy) is 1. The SMILES string of the molecule is COc1ccccc1NC(=O)C(C)Cl. The summed E-state index contributed by atoms with van der Waals surface area (Å²) in [6.07, 6.45) is 0. The van der Waals surface area contributed by atoms with E-state index in [9.17, 15) is 4.79 Å². The van der Waals surface area contributed by atoms with Crippen molar-refractivity contribution in [2.75, 3.05) is 12.4 Å². The second-order valence-corrected chi connectivity index (χ2v) is 3.46. The molecule has 4 heteroatoms. The van der Waals surface area contributed by atoms with Gasteiger partial charge in [-0.05, 0) is 19.1 Å². The topological polar surface area (TPSA) is 38.3 Å². The summed E-state index contributed by atoms with van der Waals surface area (Å²) in [5.41, 5.74) is 0.632. The molecule has 1 rings (SSSR count). The Kier molecular flexibility index (Phi) is 3.77. The van der Waals surface area contributed by atoms with E-state index >= 15 is 0 Å². The molecule has 1 aromatic carbocycles. The first-order valence-electron chi connectivity index (χ1n) is 4.23. The highest BCUT2D eigenvalue weighted by Crippen LogP contribution is 2.23. The molecule has 0 bridgehead atoms. The zero-order valence-corrected chi connectivity index (χ0v) is 8.84. The van der Waals surface area contributed by atoms with Gasteiger partial charge in [-0.3, -0.25) is 4.79 Å². The van der Waals surface area contributed by atoms with E-state index in [-0.39, 0.29) is 5.91 Å². The molecule has 0 aromatic heterocycles. The van der Waals surface area contributed by atoms with Crippen LogP contribution in [0, 0.1) is 0 Å². The summed E-state index contributed by atoms with van der Waals surface area (Å²) in [5, 5.41) is 2.11. The lowest BCUT2D eigenvalue weighted by atomic mass is 10.3. The van der Waals surface area contributed by atoms with Crippen LogP contribution in [-0.4, -0.2) is 18.4 Å². The monoisotopic (exact) mass is 213 g/mol. The molecule has 0 saturated carbocycles. The average molecular weight is 214 g/mol. The predicted molar refractivity (Wildman–Crippen MR) is 56.9 cm³/mol. The Balaban J connectivity index is 2.80. The number of halogens is 1. The Labute approximate surface area is 88.0 Å². The summed E-state index contributed by atoms with van der Waals surface area (Å²) in [5.74, 6) is 0.384. The molecule has 76 valence electrons. The number of hydrogen-bond acceptors (Lipinski definition) is 2. The molecule has 0 heterocycles. The number of carbonyl (C=O) groups excluding carboxylic acids is 1. The fourth-order valence-electron chi connectivity index (χ4n) is 0.980. The fraction of sp³-hybridized carbons (Fsp3) is 0.300. The number of hydrogen-bond donors (Lipinski definition) is 1. The van der Waals surface area contributed by atoms with E-state index in [0.29, 0.717) is 11.4 Å². The van der Waals surface area contributed by atoms with Gasteiger partial charge < -0.3 is 10.1 Å². The number of carbonyl (C=O) groups is 1. The summed E-state index contributed by atoms with van der Waals surface area (Å²) in [6, 6.07) is 7.18. The first-order chi connectivity index (χ1) is 6.65. The quantitative estimate of drug-likeness (QED) is 0.783. The first kappa shape index (κ1) is 10.9. The van der Waals surface area contributed by atoms with Gasteiger partial charge in [0.25, 0.3) is 0 Å². The van der Waals surface area contributed by atoms with Crippen molar-refractivity contribution in [1.29, 1.82) is 0 Å². The Morgan fingerprint density at radius 2 is 2.14 bits per heavy atom. The normalized spacial score (nSPS) is 11.9. The average Bonchev–Trinajstić information content (AvgIpc) is 2.18. The molecule has 0 spiro atoms. The van der Waals surface area contributed by atoms with Gasteiger partial charge >= 0.3 is 0 Å². The van der Waals surface area contributed by atoms with Crippen LogP contribution in [0.25, 0.3) is 0 Å². The summed E-state index contributed by atoms with van der Waals surface area (Å²) >= 11 is 5.62. The van der Waals surface area contributed by atoms with Gasteiger partial charge in [-0.1, -0.05) is 12.1 Å². The number of anilines is 1. The zero-order chi connectivity index (χ0) is 10.6. The second-order valence-electron chi connectivity index (χ2n) is 2.81. The molecule has 0 saturated heterocycles. The van der Waals surface area contributed by atoms with Crippen molar-refractivity contribution in [2.45, 2.75) is 12.3 Å². The van der Waals surface area contributed by atoms with E-state index in [2.05, 4.69) is 5.32 Å². The van der Waals surface area contributed by atoms with Crippen LogP contribution in [-0.2, 0) is 4.79 Å². The van der Waals surface area contributed by atoms with Crippen molar-refractivity contribution in [2.24, 2.45) is 0 Å². The molecule has 1 N–H and O–H groups in total. The number of nitrogens with one attached hydrogen (secondary N) is 1. The van der Waals surface area contributed by atoms with Gasteiger partial charge in [0.15, 0.2) is 0 Å². The third-order valence-electron chi connectivity index (χ3n) is 1.73. The van der Waals surface area contributed by atoms with Crippen LogP contribution < -0.4 is 10.1 Å². The van der Waals surface area contributed by atoms with Crippen LogP contribution in [0.2, 0.25) is 0 Å². The Morgan fingerprint density at radius 3 is 2.71 bits per heavy atom. The van der Waals surface area contributed by atoms with Crippen LogP contribution >= 0.6 is 11.6 Å². The highest BCUT2D eigenvalue weighted by Gasteiger charge is 2.11. The Hall–Kier alpha value is -1.22. The predicted octanol–water partition coefficient (Wildman–Crippen LogP) is 2.26. The van der Waals surface area contributed by atoms with Crippen LogP contribution in [0.15, 0.2) is 24.3 Å². The van der Waals surface area contributed by atoms with Crippen molar-refractivity contribution in [3.63, 3.8) is 0 Å². The van der Waals surface area contributed by atoms with E-state index in [4.69, 9.17) is 16.3 Å². The highest BCUT2D eigenvalue weighted by atomic mass is 35.5. The molecule has 1 unspecified atom stereocenters. The lowest BCUT2D eigenvalue weighted by Gasteiger charge is -2.10. The van der Waals surface area contributed by atoms with Crippen molar-refractivity contribution < 1.29 is 9.53 Å². The minimum Gasteiger partial charge on any atom is -0.495 e. The van der Waals surface area contributed by atoms with Gasteiger partial charge in [-0.15, -0.1) is 11.6 Å². The fourth-order valence-corrected chi connectivity index (χ4v) is 1.03. The van der Waals surface area contributed by atoms with Gasteiger partial charge in [0, 0.05) is 0 Å². The maximum atomic E-state index is 11.3. The van der Waals surface area contributed by atoms with Crippen LogP contribution in [0.3, 0.4) is 0 Å². The van der Waals surface area contributed by atoms with Crippen LogP contribution in [0.5, 0.6) is 5.75 Å². The molecule has 0 fully saturated rings. The maximum absolute atomic E-state index is 11.3. The molecule has 0 radical (unpaired) electrons. The van der Waals surface area contributed by atoms with Gasteiger partial charge in [0.05, 0.1) is 12.8 Å². The largest absolute Gasteiger partial charge is 0.495 e. The number of para-hydroxylation sites is 2. The molecule has 1 amide bonds. The maximum Gasteiger partial charge on any atom is 0.242 e. The van der Waals surface area contributed by atoms with Gasteiger partial charge in [-0.2, -0.15) is 0 Å². The summed E-state index contributed by atoms with van der Waals surface area (Å²) in [6.45, 7) is 1.62. The molecule has 0 aliphatic rings. The van der Waals surface area contributed by atoms with E-state index in [1.165, 1.54) is 0 Å². The highest BCUT2D eigenvalue weighted by molar-refractivity contribution is 6.32. The number of alkyl halides is 1. The smallest absolute Gasteiger partial charge is 0.242 e. The summed E-state index contributed by atoms with van der Waals surface area (Å²) in [7, 11) is 1.55. The number of methoxy groups -OCH3 is 1. The van der Waals surface area contributed by atoms with Gasteiger partial charge in [0.1, 0.15) is 11.1 Å². The molecular weight excluding hydrogens is 202 g/mol. The second kappa shape index (κ2) is 4.86. The third-order valence-corrected chi connectivity index (χ3v) is 1.92. The van der Waals surface area contributed by atoms with Gasteiger partial charge in [-0.25, -0.2) is 0 Å². The lowest BCUT2D eigenvalue weighted by molar-refractivity contribution is -0.115. The molecular formula is C10H12ClNO2. The standard InChI is InChI=1S/C10H12ClNO2/c1-7(11)10(13)12-8-5-3-4-6-9(8)14-2/h3-7H,1-2H3,(H,12,13). The lowest BCUT2D eigenvalue weighted by Crippen LogP contribution is -2.20. The minimum atomic E-state index is -0.556. The van der Waals surface area contributed by atoms with E-state index < -0.39 is 5.38 Å². The minimum absolute atomic E-state index is 0.240. The number of amides is 1. The van der Waals surface area contributed by atoms with Crippen molar-refractivity contribution in [3.05, 3.63) is 24.3 Å². The van der Waals surface area contributed by atoms with E-state index in [1.807, 2.05) is 12.1 Å². The Morgan fingerprint density at radius 1 is 1.50 bits per heavy atom. The van der Waals surface area contributed by atoms with E-state index in [1.54, 1.807) is 26.2 Å². The van der Waals surface area contributed by atoms with Crippen molar-refractivity contribution >= 4 is 23.2 Å². The van der Waals surface area contributed by atoms with Crippen LogP contribution in [0.1, 0.15) is 6.92 Å². The molecule has 0 aliphatic carbocycles. The molecule has 1 aromatic rings. The molecule has 3 nitrogen and oxygen atoms in total. The summed E-state index contributed by atoms with van der Waals surface area (Å²) in [4.78, 5) is 11.3. The number of benzene rings is 1. The van der Waals surface area contributed by atoms with E-state index in [0.717, 1.165) is 0 Å². The molecule has 0 aliphatic heterocycles. The Bertz CT molecular complexity index is 326. The number of rotatable bonds is 3. The first-order valence-corrected chi connectivity index (χ1v) is 4.66.